The van der Waals surface area contributed by atoms with Crippen LogP contribution in [-0.4, -0.2) is 49.7 Å². The van der Waals surface area contributed by atoms with Crippen molar-refractivity contribution in [3.63, 3.8) is 0 Å². The van der Waals surface area contributed by atoms with Crippen LogP contribution >= 0.6 is 0 Å². The third kappa shape index (κ3) is 4.63. The molecule has 8 nitrogen and oxygen atoms in total. The van der Waals surface area contributed by atoms with Gasteiger partial charge in [0.1, 0.15) is 5.75 Å². The summed E-state index contributed by atoms with van der Waals surface area (Å²) in [5.41, 5.74) is 4.43. The van der Waals surface area contributed by atoms with Crippen LogP contribution in [0, 0.1) is 6.92 Å². The van der Waals surface area contributed by atoms with Crippen LogP contribution in [0.1, 0.15) is 27.2 Å². The number of aryl methyl sites for hydroxylation is 1. The van der Waals surface area contributed by atoms with E-state index in [1.54, 1.807) is 40.8 Å². The van der Waals surface area contributed by atoms with Crippen LogP contribution in [0.2, 0.25) is 0 Å². The van der Waals surface area contributed by atoms with Crippen molar-refractivity contribution >= 4 is 5.91 Å². The highest BCUT2D eigenvalue weighted by Gasteiger charge is 2.17. The molecule has 0 aliphatic rings. The van der Waals surface area contributed by atoms with Crippen LogP contribution in [-0.2, 0) is 13.1 Å². The van der Waals surface area contributed by atoms with Crippen LogP contribution in [0.15, 0.2) is 67.1 Å². The largest absolute Gasteiger partial charge is 0.497 e. The molecular formula is C23H24N6O2. The van der Waals surface area contributed by atoms with Gasteiger partial charge in [-0.25, -0.2) is 9.36 Å². The second-order valence-electron chi connectivity index (χ2n) is 7.38. The van der Waals surface area contributed by atoms with Gasteiger partial charge in [0.25, 0.3) is 5.91 Å². The first kappa shape index (κ1) is 20.3. The number of rotatable bonds is 7. The van der Waals surface area contributed by atoms with Crippen molar-refractivity contribution in [1.82, 2.24) is 29.7 Å². The Balaban J connectivity index is 1.42. The average Bonchev–Trinajstić information content (AvgIpc) is 3.45. The van der Waals surface area contributed by atoms with Gasteiger partial charge in [-0.1, -0.05) is 35.5 Å². The molecule has 2 heterocycles. The highest BCUT2D eigenvalue weighted by Crippen LogP contribution is 2.17. The predicted molar refractivity (Wildman–Crippen MR) is 116 cm³/mol. The molecule has 0 spiro atoms. The fourth-order valence-electron chi connectivity index (χ4n) is 3.31. The highest BCUT2D eigenvalue weighted by molar-refractivity contribution is 5.91. The molecule has 0 atom stereocenters. The molecule has 0 aliphatic heterocycles. The summed E-state index contributed by atoms with van der Waals surface area (Å²) in [5.74, 6) is 0.570. The Kier molecular flexibility index (Phi) is 5.79. The summed E-state index contributed by atoms with van der Waals surface area (Å²) in [4.78, 5) is 14.4. The van der Waals surface area contributed by atoms with E-state index in [4.69, 9.17) is 4.74 Å². The second-order valence-corrected chi connectivity index (χ2v) is 7.38. The minimum atomic E-state index is -0.190. The molecule has 158 valence electrons. The third-order valence-electron chi connectivity index (χ3n) is 5.07. The molecule has 0 radical (unpaired) electrons. The number of carbonyl (C=O) groups excluding carboxylic acids is 1. The Bertz CT molecular complexity index is 1200. The van der Waals surface area contributed by atoms with Crippen molar-refractivity contribution in [1.29, 1.82) is 0 Å². The molecular weight excluding hydrogens is 392 g/mol. The molecule has 4 rings (SSSR count). The summed E-state index contributed by atoms with van der Waals surface area (Å²) in [7, 11) is 3.37. The number of amides is 1. The molecule has 0 bridgehead atoms. The van der Waals surface area contributed by atoms with E-state index in [2.05, 4.69) is 28.4 Å². The van der Waals surface area contributed by atoms with Crippen LogP contribution < -0.4 is 4.74 Å². The summed E-state index contributed by atoms with van der Waals surface area (Å²) < 4.78 is 8.71. The maximum Gasteiger partial charge on any atom is 0.276 e. The van der Waals surface area contributed by atoms with Gasteiger partial charge in [0.2, 0.25) is 0 Å². The van der Waals surface area contributed by atoms with Crippen molar-refractivity contribution in [3.05, 3.63) is 89.5 Å². The fourth-order valence-corrected chi connectivity index (χ4v) is 3.31. The molecule has 0 saturated heterocycles. The molecule has 0 fully saturated rings. The Labute approximate surface area is 180 Å². The number of methoxy groups -OCH3 is 1. The fraction of sp³-hybridized carbons (Fsp3) is 0.217. The molecule has 0 N–H and O–H groups in total. The van der Waals surface area contributed by atoms with E-state index >= 15 is 0 Å². The summed E-state index contributed by atoms with van der Waals surface area (Å²) in [6, 6.07) is 15.7. The molecule has 2 aromatic carbocycles. The molecule has 1 amide bonds. The predicted octanol–water partition coefficient (Wildman–Crippen LogP) is 3.10. The highest BCUT2D eigenvalue weighted by atomic mass is 16.5. The van der Waals surface area contributed by atoms with E-state index in [-0.39, 0.29) is 5.91 Å². The van der Waals surface area contributed by atoms with E-state index in [1.807, 2.05) is 48.7 Å². The van der Waals surface area contributed by atoms with Gasteiger partial charge in [-0.05, 0) is 30.2 Å². The first-order valence-electron chi connectivity index (χ1n) is 9.91. The quantitative estimate of drug-likeness (QED) is 0.463. The Morgan fingerprint density at radius 1 is 1.13 bits per heavy atom. The van der Waals surface area contributed by atoms with Gasteiger partial charge in [-0.3, -0.25) is 4.79 Å². The standard InChI is InChI=1S/C23H24N6O2/c1-17-7-4-5-8-19(17)15-28-16-22(25-26-28)23(30)27(2)13-18-12-24-29(14-18)20-9-6-10-21(11-20)31-3/h4-12,14,16H,13,15H2,1-3H3. The average molecular weight is 416 g/mol. The van der Waals surface area contributed by atoms with Crippen LogP contribution in [0.3, 0.4) is 0 Å². The molecule has 31 heavy (non-hydrogen) atoms. The van der Waals surface area contributed by atoms with Crippen molar-refractivity contribution in [2.45, 2.75) is 20.0 Å². The van der Waals surface area contributed by atoms with Crippen molar-refractivity contribution in [2.75, 3.05) is 14.2 Å². The summed E-state index contributed by atoms with van der Waals surface area (Å²) >= 11 is 0. The second kappa shape index (κ2) is 8.83. The number of carbonyl (C=O) groups is 1. The number of hydrogen-bond donors (Lipinski definition) is 0. The lowest BCUT2D eigenvalue weighted by atomic mass is 10.1. The van der Waals surface area contributed by atoms with Crippen LogP contribution in [0.4, 0.5) is 0 Å². The lowest BCUT2D eigenvalue weighted by molar-refractivity contribution is 0.0779. The minimum absolute atomic E-state index is 0.190. The normalized spacial score (nSPS) is 10.8. The molecule has 8 heteroatoms. The summed E-state index contributed by atoms with van der Waals surface area (Å²) in [6.07, 6.45) is 5.33. The third-order valence-corrected chi connectivity index (χ3v) is 5.07. The van der Waals surface area contributed by atoms with Crippen LogP contribution in [0.5, 0.6) is 5.75 Å². The summed E-state index contributed by atoms with van der Waals surface area (Å²) in [5, 5.41) is 12.6. The van der Waals surface area contributed by atoms with E-state index < -0.39 is 0 Å². The number of ether oxygens (including phenoxy) is 1. The van der Waals surface area contributed by atoms with Gasteiger partial charge in [0, 0.05) is 31.4 Å². The van der Waals surface area contributed by atoms with Gasteiger partial charge in [0.05, 0.1) is 31.7 Å². The number of benzene rings is 2. The van der Waals surface area contributed by atoms with E-state index in [1.165, 1.54) is 5.56 Å². The molecule has 0 aliphatic carbocycles. The van der Waals surface area contributed by atoms with Crippen molar-refractivity contribution in [3.8, 4) is 11.4 Å². The summed E-state index contributed by atoms with van der Waals surface area (Å²) in [6.45, 7) is 3.04. The smallest absolute Gasteiger partial charge is 0.276 e. The lowest BCUT2D eigenvalue weighted by Gasteiger charge is -2.14. The van der Waals surface area contributed by atoms with E-state index in [0.29, 0.717) is 18.8 Å². The van der Waals surface area contributed by atoms with E-state index in [0.717, 1.165) is 22.6 Å². The first-order chi connectivity index (χ1) is 15.0. The lowest BCUT2D eigenvalue weighted by Crippen LogP contribution is -2.26. The Morgan fingerprint density at radius 2 is 1.97 bits per heavy atom. The molecule has 4 aromatic rings. The van der Waals surface area contributed by atoms with E-state index in [9.17, 15) is 4.79 Å². The Hall–Kier alpha value is -3.94. The van der Waals surface area contributed by atoms with Crippen molar-refractivity contribution < 1.29 is 9.53 Å². The topological polar surface area (TPSA) is 78.1 Å². The Morgan fingerprint density at radius 3 is 2.77 bits per heavy atom. The SMILES string of the molecule is COc1cccc(-n2cc(CN(C)C(=O)c3cn(Cc4ccccc4C)nn3)cn2)c1. The van der Waals surface area contributed by atoms with Gasteiger partial charge in [0.15, 0.2) is 5.69 Å². The van der Waals surface area contributed by atoms with Crippen molar-refractivity contribution in [2.24, 2.45) is 0 Å². The molecule has 0 saturated carbocycles. The molecule has 2 aromatic heterocycles. The number of hydrogen-bond acceptors (Lipinski definition) is 5. The first-order valence-corrected chi connectivity index (χ1v) is 9.91. The zero-order chi connectivity index (χ0) is 21.8. The van der Waals surface area contributed by atoms with Crippen LogP contribution in [0.25, 0.3) is 5.69 Å². The zero-order valence-electron chi connectivity index (χ0n) is 17.8. The number of aromatic nitrogens is 5. The number of nitrogens with zero attached hydrogens (tertiary/aromatic N) is 6. The monoisotopic (exact) mass is 416 g/mol. The maximum atomic E-state index is 12.8. The molecule has 0 unspecified atom stereocenters. The van der Waals surface area contributed by atoms with Gasteiger partial charge in [-0.15, -0.1) is 5.10 Å². The maximum absolute atomic E-state index is 12.8. The van der Waals surface area contributed by atoms with Gasteiger partial charge in [-0.2, -0.15) is 5.10 Å². The minimum Gasteiger partial charge on any atom is -0.497 e. The zero-order valence-corrected chi connectivity index (χ0v) is 17.8. The van der Waals surface area contributed by atoms with Gasteiger partial charge >= 0.3 is 0 Å². The van der Waals surface area contributed by atoms with Gasteiger partial charge < -0.3 is 9.64 Å².